The zero-order valence-corrected chi connectivity index (χ0v) is 14.8. The van der Waals surface area contributed by atoms with Crippen molar-refractivity contribution in [3.63, 3.8) is 0 Å². The first-order valence-electron chi connectivity index (χ1n) is 7.44. The Hall–Kier alpha value is -1.65. The van der Waals surface area contributed by atoms with Crippen molar-refractivity contribution in [2.45, 2.75) is 24.0 Å². The predicted molar refractivity (Wildman–Crippen MR) is 96.5 cm³/mol. The van der Waals surface area contributed by atoms with Gasteiger partial charge in [-0.3, -0.25) is 4.79 Å². The summed E-state index contributed by atoms with van der Waals surface area (Å²) >= 11 is 7.36. The molecule has 0 fully saturated rings. The third-order valence-electron chi connectivity index (χ3n) is 3.19. The average Bonchev–Trinajstić information content (AvgIpc) is 2.55. The van der Waals surface area contributed by atoms with E-state index in [-0.39, 0.29) is 11.2 Å². The summed E-state index contributed by atoms with van der Waals surface area (Å²) < 4.78 is 5.54. The van der Waals surface area contributed by atoms with Crippen LogP contribution in [0, 0.1) is 6.92 Å². The Bertz CT molecular complexity index is 628. The summed E-state index contributed by atoms with van der Waals surface area (Å²) in [6.45, 7) is 4.85. The summed E-state index contributed by atoms with van der Waals surface area (Å²) in [7, 11) is 0. The third kappa shape index (κ3) is 6.16. The van der Waals surface area contributed by atoms with Crippen LogP contribution in [0.1, 0.15) is 12.5 Å². The number of ether oxygens (including phenoxy) is 1. The van der Waals surface area contributed by atoms with Crippen molar-refractivity contribution >= 4 is 29.3 Å². The molecule has 0 aromatic heterocycles. The molecule has 2 aromatic carbocycles. The van der Waals surface area contributed by atoms with Gasteiger partial charge >= 0.3 is 0 Å². The molecular formula is C18H20ClNO2S. The van der Waals surface area contributed by atoms with E-state index in [4.69, 9.17) is 16.3 Å². The second kappa shape index (κ2) is 8.85. The van der Waals surface area contributed by atoms with Crippen molar-refractivity contribution in [3.8, 4) is 5.75 Å². The molecule has 0 aliphatic carbocycles. The van der Waals surface area contributed by atoms with Crippen molar-refractivity contribution in [2.75, 3.05) is 13.2 Å². The molecule has 23 heavy (non-hydrogen) atoms. The van der Waals surface area contributed by atoms with Gasteiger partial charge in [-0.25, -0.2) is 0 Å². The Morgan fingerprint density at radius 1 is 1.17 bits per heavy atom. The van der Waals surface area contributed by atoms with E-state index in [1.165, 1.54) is 5.56 Å². The zero-order chi connectivity index (χ0) is 16.7. The van der Waals surface area contributed by atoms with E-state index in [0.29, 0.717) is 18.2 Å². The van der Waals surface area contributed by atoms with Crippen LogP contribution in [0.15, 0.2) is 53.4 Å². The van der Waals surface area contributed by atoms with E-state index in [1.807, 2.05) is 38.1 Å². The van der Waals surface area contributed by atoms with E-state index in [1.54, 1.807) is 36.0 Å². The van der Waals surface area contributed by atoms with Crippen molar-refractivity contribution < 1.29 is 9.53 Å². The topological polar surface area (TPSA) is 38.3 Å². The first-order chi connectivity index (χ1) is 11.0. The van der Waals surface area contributed by atoms with E-state index < -0.39 is 0 Å². The lowest BCUT2D eigenvalue weighted by Gasteiger charge is -2.12. The maximum atomic E-state index is 12.1. The fourth-order valence-electron chi connectivity index (χ4n) is 1.89. The van der Waals surface area contributed by atoms with Crippen molar-refractivity contribution in [1.29, 1.82) is 0 Å². The molecule has 0 saturated heterocycles. The lowest BCUT2D eigenvalue weighted by Crippen LogP contribution is -2.33. The van der Waals surface area contributed by atoms with Crippen LogP contribution < -0.4 is 10.1 Å². The van der Waals surface area contributed by atoms with Gasteiger partial charge in [0.2, 0.25) is 5.91 Å². The first-order valence-corrected chi connectivity index (χ1v) is 8.70. The molecular weight excluding hydrogens is 330 g/mol. The van der Waals surface area contributed by atoms with Gasteiger partial charge in [-0.1, -0.05) is 29.3 Å². The van der Waals surface area contributed by atoms with E-state index in [0.717, 1.165) is 10.6 Å². The SMILES string of the molecule is Cc1ccc(S[C@@H](C)C(=O)NCCOc2ccc(Cl)cc2)cc1. The molecule has 3 nitrogen and oxygen atoms in total. The monoisotopic (exact) mass is 349 g/mol. The number of hydrogen-bond donors (Lipinski definition) is 1. The van der Waals surface area contributed by atoms with Crippen molar-refractivity contribution in [3.05, 3.63) is 59.1 Å². The molecule has 1 amide bonds. The highest BCUT2D eigenvalue weighted by molar-refractivity contribution is 8.00. The molecule has 0 radical (unpaired) electrons. The standard InChI is InChI=1S/C18H20ClNO2S/c1-13-3-9-17(10-4-13)23-14(2)18(21)20-11-12-22-16-7-5-15(19)6-8-16/h3-10,14H,11-12H2,1-2H3,(H,20,21)/t14-/m0/s1. The third-order valence-corrected chi connectivity index (χ3v) is 4.55. The van der Waals surface area contributed by atoms with E-state index >= 15 is 0 Å². The average molecular weight is 350 g/mol. The lowest BCUT2D eigenvalue weighted by atomic mass is 10.2. The number of hydrogen-bond acceptors (Lipinski definition) is 3. The molecule has 2 rings (SSSR count). The minimum atomic E-state index is -0.145. The summed E-state index contributed by atoms with van der Waals surface area (Å²) in [5.41, 5.74) is 1.21. The molecule has 0 aliphatic rings. The highest BCUT2D eigenvalue weighted by atomic mass is 35.5. The van der Waals surface area contributed by atoms with Crippen LogP contribution in [-0.4, -0.2) is 24.3 Å². The Balaban J connectivity index is 1.69. The predicted octanol–water partition coefficient (Wildman–Crippen LogP) is 4.32. The minimum Gasteiger partial charge on any atom is -0.492 e. The van der Waals surface area contributed by atoms with Gasteiger partial charge in [0.15, 0.2) is 0 Å². The van der Waals surface area contributed by atoms with Gasteiger partial charge in [0.05, 0.1) is 11.8 Å². The van der Waals surface area contributed by atoms with Crippen LogP contribution in [0.2, 0.25) is 5.02 Å². The fraction of sp³-hybridized carbons (Fsp3) is 0.278. The Kier molecular flexibility index (Phi) is 6.81. The fourth-order valence-corrected chi connectivity index (χ4v) is 2.91. The highest BCUT2D eigenvalue weighted by Gasteiger charge is 2.13. The molecule has 5 heteroatoms. The van der Waals surface area contributed by atoms with Gasteiger partial charge in [-0.05, 0) is 50.2 Å². The molecule has 1 atom stereocenters. The number of rotatable bonds is 7. The normalized spacial score (nSPS) is 11.8. The summed E-state index contributed by atoms with van der Waals surface area (Å²) in [4.78, 5) is 13.2. The molecule has 0 saturated carbocycles. The summed E-state index contributed by atoms with van der Waals surface area (Å²) in [5, 5.41) is 3.41. The number of thioether (sulfide) groups is 1. The summed E-state index contributed by atoms with van der Waals surface area (Å²) in [6, 6.07) is 15.3. The quantitative estimate of drug-likeness (QED) is 0.597. The van der Waals surface area contributed by atoms with Crippen LogP contribution in [-0.2, 0) is 4.79 Å². The van der Waals surface area contributed by atoms with Crippen molar-refractivity contribution in [2.24, 2.45) is 0 Å². The number of aryl methyl sites for hydroxylation is 1. The van der Waals surface area contributed by atoms with Crippen LogP contribution in [0.25, 0.3) is 0 Å². The smallest absolute Gasteiger partial charge is 0.233 e. The lowest BCUT2D eigenvalue weighted by molar-refractivity contribution is -0.120. The zero-order valence-electron chi connectivity index (χ0n) is 13.2. The van der Waals surface area contributed by atoms with Crippen LogP contribution in [0.4, 0.5) is 0 Å². The van der Waals surface area contributed by atoms with Gasteiger partial charge in [-0.15, -0.1) is 11.8 Å². The number of nitrogens with one attached hydrogen (secondary N) is 1. The molecule has 1 N–H and O–H groups in total. The summed E-state index contributed by atoms with van der Waals surface area (Å²) in [6.07, 6.45) is 0. The van der Waals surface area contributed by atoms with E-state index in [2.05, 4.69) is 5.32 Å². The molecule has 0 heterocycles. The molecule has 0 unspecified atom stereocenters. The Labute approximate surface area is 146 Å². The number of halogens is 1. The van der Waals surface area contributed by atoms with Crippen LogP contribution in [0.5, 0.6) is 5.75 Å². The van der Waals surface area contributed by atoms with Gasteiger partial charge in [0.1, 0.15) is 12.4 Å². The van der Waals surface area contributed by atoms with Gasteiger partial charge in [-0.2, -0.15) is 0 Å². The minimum absolute atomic E-state index is 0.00952. The van der Waals surface area contributed by atoms with Gasteiger partial charge < -0.3 is 10.1 Å². The molecule has 0 aliphatic heterocycles. The molecule has 0 bridgehead atoms. The largest absolute Gasteiger partial charge is 0.492 e. The molecule has 122 valence electrons. The number of amides is 1. The summed E-state index contributed by atoms with van der Waals surface area (Å²) in [5.74, 6) is 0.751. The van der Waals surface area contributed by atoms with Crippen LogP contribution >= 0.6 is 23.4 Å². The first kappa shape index (κ1) is 17.7. The second-order valence-electron chi connectivity index (χ2n) is 5.17. The Morgan fingerprint density at radius 2 is 1.83 bits per heavy atom. The second-order valence-corrected chi connectivity index (χ2v) is 7.02. The van der Waals surface area contributed by atoms with Gasteiger partial charge in [0, 0.05) is 9.92 Å². The molecule has 2 aromatic rings. The Morgan fingerprint density at radius 3 is 2.48 bits per heavy atom. The maximum Gasteiger partial charge on any atom is 0.233 e. The van der Waals surface area contributed by atoms with E-state index in [9.17, 15) is 4.79 Å². The highest BCUT2D eigenvalue weighted by Crippen LogP contribution is 2.23. The van der Waals surface area contributed by atoms with Crippen LogP contribution in [0.3, 0.4) is 0 Å². The van der Waals surface area contributed by atoms with Crippen molar-refractivity contribution in [1.82, 2.24) is 5.32 Å². The van der Waals surface area contributed by atoms with Gasteiger partial charge in [0.25, 0.3) is 0 Å². The maximum absolute atomic E-state index is 12.1. The molecule has 0 spiro atoms. The number of carbonyl (C=O) groups excluding carboxylic acids is 1. The number of carbonyl (C=O) groups is 1. The number of benzene rings is 2.